The Labute approximate surface area is 72.8 Å². The van der Waals surface area contributed by atoms with Crippen LogP contribution < -0.4 is 0 Å². The predicted molar refractivity (Wildman–Crippen MR) is 46.8 cm³/mol. The van der Waals surface area contributed by atoms with Crippen molar-refractivity contribution in [3.8, 4) is 0 Å². The summed E-state index contributed by atoms with van der Waals surface area (Å²) in [7, 11) is -2.35. The quantitative estimate of drug-likeness (QED) is 0.703. The molecule has 0 aliphatic carbocycles. The van der Waals surface area contributed by atoms with Gasteiger partial charge in [0.15, 0.2) is 0 Å². The summed E-state index contributed by atoms with van der Waals surface area (Å²) in [5.74, 6) is 0. The molecule has 0 amide bonds. The van der Waals surface area contributed by atoms with E-state index in [1.54, 1.807) is 12.1 Å². The Morgan fingerprint density at radius 3 is 2.58 bits per heavy atom. The van der Waals surface area contributed by atoms with E-state index in [9.17, 15) is 8.42 Å². The van der Waals surface area contributed by atoms with Crippen molar-refractivity contribution in [3.63, 3.8) is 0 Å². The molecule has 0 aliphatic heterocycles. The molecular formula is C8H9NO2S. The highest BCUT2D eigenvalue weighted by Crippen LogP contribution is 2.18. The van der Waals surface area contributed by atoms with Crippen LogP contribution in [0.2, 0.25) is 0 Å². The maximum atomic E-state index is 10.3. The van der Waals surface area contributed by atoms with E-state index in [-0.39, 0.29) is 0 Å². The number of benzene rings is 1. The van der Waals surface area contributed by atoms with E-state index in [0.29, 0.717) is 5.69 Å². The van der Waals surface area contributed by atoms with Crippen LogP contribution in [0, 0.1) is 0 Å². The fourth-order valence-electron chi connectivity index (χ4n) is 0.979. The summed E-state index contributed by atoms with van der Waals surface area (Å²) >= 11 is 0. The number of hydrogen-bond acceptors (Lipinski definition) is 3. The normalized spacial score (nSPS) is 9.42. The maximum Gasteiger partial charge on any atom is 0.316 e. The van der Waals surface area contributed by atoms with Gasteiger partial charge in [-0.25, -0.2) is 0 Å². The smallest absolute Gasteiger partial charge is 0.163 e. The monoisotopic (exact) mass is 183 g/mol. The second-order valence-electron chi connectivity index (χ2n) is 2.29. The van der Waals surface area contributed by atoms with E-state index in [2.05, 4.69) is 4.36 Å². The van der Waals surface area contributed by atoms with Crippen molar-refractivity contribution in [2.24, 2.45) is 4.36 Å². The Hall–Kier alpha value is -1.16. The van der Waals surface area contributed by atoms with Crippen molar-refractivity contribution < 1.29 is 8.42 Å². The van der Waals surface area contributed by atoms with Gasteiger partial charge in [-0.05, 0) is 18.1 Å². The van der Waals surface area contributed by atoms with Gasteiger partial charge in [0.2, 0.25) is 0 Å². The van der Waals surface area contributed by atoms with E-state index >= 15 is 0 Å². The lowest BCUT2D eigenvalue weighted by atomic mass is 10.1. The summed E-state index contributed by atoms with van der Waals surface area (Å²) < 4.78 is 24.0. The zero-order valence-electron chi connectivity index (χ0n) is 6.69. The molecule has 0 aromatic heterocycles. The minimum Gasteiger partial charge on any atom is -0.163 e. The molecule has 64 valence electrons. The fourth-order valence-corrected chi connectivity index (χ4v) is 1.32. The Morgan fingerprint density at radius 1 is 1.33 bits per heavy atom. The van der Waals surface area contributed by atoms with Gasteiger partial charge >= 0.3 is 10.5 Å². The molecule has 0 N–H and O–H groups in total. The number of nitrogens with zero attached hydrogens (tertiary/aromatic N) is 1. The second kappa shape index (κ2) is 4.01. The molecule has 1 aromatic rings. The molecule has 0 radical (unpaired) electrons. The molecule has 0 spiro atoms. The fraction of sp³-hybridized carbons (Fsp3) is 0.250. The first kappa shape index (κ1) is 8.93. The molecule has 12 heavy (non-hydrogen) atoms. The third-order valence-electron chi connectivity index (χ3n) is 1.55. The van der Waals surface area contributed by atoms with E-state index < -0.39 is 10.5 Å². The molecule has 0 fully saturated rings. The lowest BCUT2D eigenvalue weighted by Gasteiger charge is -1.97. The molecule has 1 rings (SSSR count). The first-order chi connectivity index (χ1) is 5.74. The van der Waals surface area contributed by atoms with Gasteiger partial charge in [-0.3, -0.25) is 0 Å². The van der Waals surface area contributed by atoms with E-state index in [4.69, 9.17) is 0 Å². The van der Waals surface area contributed by atoms with Crippen LogP contribution in [0.15, 0.2) is 28.6 Å². The lowest BCUT2D eigenvalue weighted by Crippen LogP contribution is -1.78. The van der Waals surface area contributed by atoms with Gasteiger partial charge in [0.1, 0.15) is 0 Å². The van der Waals surface area contributed by atoms with Gasteiger partial charge in [-0.2, -0.15) is 8.42 Å². The highest BCUT2D eigenvalue weighted by Gasteiger charge is 1.96. The molecule has 0 saturated carbocycles. The zero-order chi connectivity index (χ0) is 8.97. The Morgan fingerprint density at radius 2 is 2.00 bits per heavy atom. The van der Waals surface area contributed by atoms with Crippen LogP contribution in [-0.2, 0) is 16.9 Å². The average Bonchev–Trinajstić information content (AvgIpc) is 2.04. The van der Waals surface area contributed by atoms with Crippen molar-refractivity contribution in [2.75, 3.05) is 0 Å². The van der Waals surface area contributed by atoms with Gasteiger partial charge in [0.05, 0.1) is 5.69 Å². The molecule has 0 unspecified atom stereocenters. The standard InChI is InChI=1S/C8H9NO2S/c1-2-7-5-3-4-6-8(7)9-12(10)11/h3-6H,2H2,1H3. The van der Waals surface area contributed by atoms with Crippen LogP contribution in [0.3, 0.4) is 0 Å². The van der Waals surface area contributed by atoms with Crippen LogP contribution in [0.25, 0.3) is 0 Å². The lowest BCUT2D eigenvalue weighted by molar-refractivity contribution is 0.622. The predicted octanol–water partition coefficient (Wildman–Crippen LogP) is 1.94. The van der Waals surface area contributed by atoms with E-state index in [1.807, 2.05) is 19.1 Å². The van der Waals surface area contributed by atoms with Crippen LogP contribution in [-0.4, -0.2) is 8.42 Å². The molecule has 0 heterocycles. The molecule has 3 nitrogen and oxygen atoms in total. The molecule has 0 saturated heterocycles. The van der Waals surface area contributed by atoms with Gasteiger partial charge < -0.3 is 0 Å². The Kier molecular flexibility index (Phi) is 2.99. The number of hydrogen-bond donors (Lipinski definition) is 0. The maximum absolute atomic E-state index is 10.3. The van der Waals surface area contributed by atoms with Gasteiger partial charge in [0, 0.05) is 0 Å². The van der Waals surface area contributed by atoms with E-state index in [1.165, 1.54) is 0 Å². The van der Waals surface area contributed by atoms with Crippen LogP contribution in [0.5, 0.6) is 0 Å². The van der Waals surface area contributed by atoms with Crippen molar-refractivity contribution in [3.05, 3.63) is 29.8 Å². The molecular weight excluding hydrogens is 174 g/mol. The Balaban J connectivity index is 3.23. The summed E-state index contributed by atoms with van der Waals surface area (Å²) in [5.41, 5.74) is 1.48. The summed E-state index contributed by atoms with van der Waals surface area (Å²) in [6.07, 6.45) is 0.789. The summed E-state index contributed by atoms with van der Waals surface area (Å²) in [4.78, 5) is 0. The SMILES string of the molecule is CCc1ccccc1N=S(=O)=O. The third-order valence-corrected chi connectivity index (χ3v) is 1.89. The molecule has 4 heteroatoms. The van der Waals surface area contributed by atoms with Crippen LogP contribution in [0.1, 0.15) is 12.5 Å². The molecule has 0 aliphatic rings. The Bertz CT molecular complexity index is 387. The summed E-state index contributed by atoms with van der Waals surface area (Å²) in [6, 6.07) is 7.19. The minimum absolute atomic E-state index is 0.535. The third kappa shape index (κ3) is 2.17. The largest absolute Gasteiger partial charge is 0.316 e. The van der Waals surface area contributed by atoms with Gasteiger partial charge in [-0.15, -0.1) is 4.36 Å². The van der Waals surface area contributed by atoms with Gasteiger partial charge in [-0.1, -0.05) is 25.1 Å². The first-order valence-electron chi connectivity index (χ1n) is 3.63. The molecule has 0 atom stereocenters. The van der Waals surface area contributed by atoms with E-state index in [0.717, 1.165) is 12.0 Å². The second-order valence-corrected chi connectivity index (χ2v) is 2.91. The van der Waals surface area contributed by atoms with Crippen molar-refractivity contribution in [2.45, 2.75) is 13.3 Å². The topological polar surface area (TPSA) is 46.5 Å². The summed E-state index contributed by atoms with van der Waals surface area (Å²) in [5, 5.41) is 0. The zero-order valence-corrected chi connectivity index (χ0v) is 7.50. The minimum atomic E-state index is -2.35. The van der Waals surface area contributed by atoms with Gasteiger partial charge in [0.25, 0.3) is 0 Å². The highest BCUT2D eigenvalue weighted by molar-refractivity contribution is 7.61. The van der Waals surface area contributed by atoms with Crippen LogP contribution >= 0.6 is 0 Å². The molecule has 0 bridgehead atoms. The number of rotatable bonds is 2. The molecule has 1 aromatic carbocycles. The number of aryl methyl sites for hydroxylation is 1. The first-order valence-corrected chi connectivity index (χ1v) is 4.66. The van der Waals surface area contributed by atoms with Crippen molar-refractivity contribution in [1.82, 2.24) is 0 Å². The summed E-state index contributed by atoms with van der Waals surface area (Å²) in [6.45, 7) is 1.96. The van der Waals surface area contributed by atoms with Crippen LogP contribution in [0.4, 0.5) is 5.69 Å². The van der Waals surface area contributed by atoms with Crippen molar-refractivity contribution >= 4 is 16.2 Å². The average molecular weight is 183 g/mol. The van der Waals surface area contributed by atoms with Crippen molar-refractivity contribution in [1.29, 1.82) is 0 Å². The highest BCUT2D eigenvalue weighted by atomic mass is 32.2.